The van der Waals surface area contributed by atoms with E-state index in [-0.39, 0.29) is 10.8 Å². The molecule has 0 fully saturated rings. The van der Waals surface area contributed by atoms with E-state index in [0.717, 1.165) is 47.0 Å². The van der Waals surface area contributed by atoms with E-state index in [4.69, 9.17) is 9.84 Å². The predicted octanol–water partition coefficient (Wildman–Crippen LogP) is 4.69. The van der Waals surface area contributed by atoms with Crippen molar-refractivity contribution < 1.29 is 17.9 Å². The van der Waals surface area contributed by atoms with Crippen molar-refractivity contribution in [3.05, 3.63) is 65.4 Å². The first-order valence-electron chi connectivity index (χ1n) is 11.6. The summed E-state index contributed by atoms with van der Waals surface area (Å²) in [4.78, 5) is 13.3. The number of fused-ring (bicyclic) bond motifs is 1. The number of hydrogen-bond donors (Lipinski definition) is 1. The second-order valence-corrected chi connectivity index (χ2v) is 11.2. The molecule has 35 heavy (non-hydrogen) atoms. The highest BCUT2D eigenvalue weighted by molar-refractivity contribution is 7.98. The van der Waals surface area contributed by atoms with E-state index in [0.29, 0.717) is 24.5 Å². The minimum Gasteiger partial charge on any atom is -0.497 e. The number of aromatic nitrogens is 2. The number of methoxy groups -OCH3 is 1. The van der Waals surface area contributed by atoms with Crippen LogP contribution in [0.4, 0.5) is 5.82 Å². The van der Waals surface area contributed by atoms with Gasteiger partial charge < -0.3 is 10.1 Å². The molecule has 0 radical (unpaired) electrons. The maximum atomic E-state index is 13.2. The van der Waals surface area contributed by atoms with E-state index in [1.54, 1.807) is 35.7 Å². The van der Waals surface area contributed by atoms with E-state index >= 15 is 0 Å². The summed E-state index contributed by atoms with van der Waals surface area (Å²) in [5.74, 6) is 2.61. The summed E-state index contributed by atoms with van der Waals surface area (Å²) in [7, 11) is -1.99. The van der Waals surface area contributed by atoms with Gasteiger partial charge in [-0.15, -0.1) is 0 Å². The molecule has 4 rings (SSSR count). The zero-order valence-corrected chi connectivity index (χ0v) is 21.8. The largest absolute Gasteiger partial charge is 0.497 e. The van der Waals surface area contributed by atoms with Crippen LogP contribution in [0, 0.1) is 0 Å². The molecule has 0 saturated carbocycles. The fourth-order valence-electron chi connectivity index (χ4n) is 4.01. The fourth-order valence-corrected chi connectivity index (χ4v) is 6.67. The van der Waals surface area contributed by atoms with Crippen molar-refractivity contribution in [2.75, 3.05) is 25.5 Å². The van der Waals surface area contributed by atoms with Crippen LogP contribution in [0.25, 0.3) is 5.69 Å². The first-order chi connectivity index (χ1) is 16.9. The van der Waals surface area contributed by atoms with Crippen molar-refractivity contribution in [1.29, 1.82) is 0 Å². The maximum absolute atomic E-state index is 13.2. The Morgan fingerprint density at radius 2 is 1.71 bits per heavy atom. The van der Waals surface area contributed by atoms with E-state index in [9.17, 15) is 13.2 Å². The molecule has 0 aliphatic carbocycles. The van der Waals surface area contributed by atoms with Gasteiger partial charge in [0.25, 0.3) is 5.91 Å². The number of hydrogen-bond acceptors (Lipinski definition) is 6. The van der Waals surface area contributed by atoms with Gasteiger partial charge in [0.15, 0.2) is 0 Å². The minimum absolute atomic E-state index is 0.191. The van der Waals surface area contributed by atoms with Gasteiger partial charge >= 0.3 is 0 Å². The van der Waals surface area contributed by atoms with Gasteiger partial charge in [-0.2, -0.15) is 21.2 Å². The lowest BCUT2D eigenvalue weighted by Crippen LogP contribution is -2.32. The Bertz CT molecular complexity index is 1280. The molecule has 0 bridgehead atoms. The second kappa shape index (κ2) is 10.8. The van der Waals surface area contributed by atoms with Crippen molar-refractivity contribution in [1.82, 2.24) is 14.1 Å². The quantitative estimate of drug-likeness (QED) is 0.422. The van der Waals surface area contributed by atoms with Gasteiger partial charge in [0.1, 0.15) is 11.6 Å². The van der Waals surface area contributed by atoms with Gasteiger partial charge in [-0.05, 0) is 61.4 Å². The summed E-state index contributed by atoms with van der Waals surface area (Å²) in [6.07, 6.45) is 1.48. The predicted molar refractivity (Wildman–Crippen MR) is 139 cm³/mol. The number of amides is 1. The van der Waals surface area contributed by atoms with E-state index < -0.39 is 10.0 Å². The van der Waals surface area contributed by atoms with Crippen molar-refractivity contribution >= 4 is 33.5 Å². The lowest BCUT2D eigenvalue weighted by atomic mass is 10.2. The van der Waals surface area contributed by atoms with Crippen LogP contribution in [0.2, 0.25) is 0 Å². The molecular weight excluding hydrogens is 484 g/mol. The van der Waals surface area contributed by atoms with Crippen LogP contribution in [0.3, 0.4) is 0 Å². The van der Waals surface area contributed by atoms with E-state index in [2.05, 4.69) is 5.32 Å². The summed E-state index contributed by atoms with van der Waals surface area (Å²) in [5.41, 5.74) is 3.15. The zero-order valence-electron chi connectivity index (χ0n) is 20.2. The SMILES string of the molecule is CCCN(CCC)S(=O)(=O)c1ccc(C(=O)Nc2c3c(nn2-c2ccc(OC)cc2)CSC3)cc1. The number of thioether (sulfide) groups is 1. The van der Waals surface area contributed by atoms with Gasteiger partial charge in [0.2, 0.25) is 10.0 Å². The first kappa shape index (κ1) is 25.3. The van der Waals surface area contributed by atoms with E-state index in [1.807, 2.05) is 38.1 Å². The lowest BCUT2D eigenvalue weighted by Gasteiger charge is -2.21. The Morgan fingerprint density at radius 1 is 1.06 bits per heavy atom. The number of anilines is 1. The number of carbonyl (C=O) groups is 1. The highest BCUT2D eigenvalue weighted by atomic mass is 32.2. The van der Waals surface area contributed by atoms with Crippen molar-refractivity contribution in [3.8, 4) is 11.4 Å². The number of rotatable bonds is 10. The smallest absolute Gasteiger partial charge is 0.256 e. The standard InChI is InChI=1S/C25H30N4O4S2/c1-4-14-28(15-5-2)35(31,32)21-12-6-18(7-13-21)25(30)26-24-22-16-34-17-23(22)27-29(24)19-8-10-20(33-3)11-9-19/h6-13H,4-5,14-17H2,1-3H3,(H,26,30). The summed E-state index contributed by atoms with van der Waals surface area (Å²) < 4.78 is 34.5. The molecule has 0 unspecified atom stereocenters. The van der Waals surface area contributed by atoms with Crippen LogP contribution >= 0.6 is 11.8 Å². The molecule has 0 spiro atoms. The third-order valence-corrected chi connectivity index (χ3v) is 8.68. The van der Waals surface area contributed by atoms with Crippen molar-refractivity contribution in [2.45, 2.75) is 43.1 Å². The molecule has 1 aromatic heterocycles. The number of ether oxygens (including phenoxy) is 1. The second-order valence-electron chi connectivity index (χ2n) is 8.26. The van der Waals surface area contributed by atoms with Crippen LogP contribution in [0.5, 0.6) is 5.75 Å². The third kappa shape index (κ3) is 5.24. The molecule has 1 aliphatic rings. The number of nitrogens with zero attached hydrogens (tertiary/aromatic N) is 3. The average molecular weight is 515 g/mol. The van der Waals surface area contributed by atoms with E-state index in [1.165, 1.54) is 16.4 Å². The van der Waals surface area contributed by atoms with Crippen LogP contribution in [-0.4, -0.2) is 48.6 Å². The van der Waals surface area contributed by atoms with Crippen LogP contribution in [0.15, 0.2) is 53.4 Å². The van der Waals surface area contributed by atoms with Gasteiger partial charge in [-0.1, -0.05) is 13.8 Å². The van der Waals surface area contributed by atoms with Crippen molar-refractivity contribution in [2.24, 2.45) is 0 Å². The van der Waals surface area contributed by atoms with Gasteiger partial charge in [-0.25, -0.2) is 13.1 Å². The van der Waals surface area contributed by atoms with Crippen molar-refractivity contribution in [3.63, 3.8) is 0 Å². The van der Waals surface area contributed by atoms with Gasteiger partial charge in [-0.3, -0.25) is 4.79 Å². The Hall–Kier alpha value is -2.82. The molecule has 8 nitrogen and oxygen atoms in total. The molecule has 0 atom stereocenters. The Balaban J connectivity index is 1.59. The molecule has 1 aliphatic heterocycles. The third-order valence-electron chi connectivity index (χ3n) is 5.80. The maximum Gasteiger partial charge on any atom is 0.256 e. The minimum atomic E-state index is -3.60. The lowest BCUT2D eigenvalue weighted by molar-refractivity contribution is 0.102. The monoisotopic (exact) mass is 514 g/mol. The molecule has 2 heterocycles. The molecule has 0 saturated heterocycles. The molecule has 1 N–H and O–H groups in total. The molecule has 2 aromatic carbocycles. The van der Waals surface area contributed by atoms with Crippen LogP contribution in [0.1, 0.15) is 48.3 Å². The Kier molecular flexibility index (Phi) is 7.83. The number of sulfonamides is 1. The topological polar surface area (TPSA) is 93.5 Å². The Morgan fingerprint density at radius 3 is 2.31 bits per heavy atom. The molecule has 10 heteroatoms. The highest BCUT2D eigenvalue weighted by Gasteiger charge is 2.26. The normalized spacial score (nSPS) is 13.1. The summed E-state index contributed by atoms with van der Waals surface area (Å²) >= 11 is 1.75. The highest BCUT2D eigenvalue weighted by Crippen LogP contribution is 2.36. The molecule has 186 valence electrons. The number of carbonyl (C=O) groups excluding carboxylic acids is 1. The number of nitrogens with one attached hydrogen (secondary N) is 1. The average Bonchev–Trinajstić information content (AvgIpc) is 3.46. The number of benzene rings is 2. The van der Waals surface area contributed by atoms with Crippen LogP contribution in [-0.2, 0) is 21.5 Å². The van der Waals surface area contributed by atoms with Crippen LogP contribution < -0.4 is 10.1 Å². The van der Waals surface area contributed by atoms with Gasteiger partial charge in [0.05, 0.1) is 23.4 Å². The van der Waals surface area contributed by atoms with Gasteiger partial charge in [0, 0.05) is 35.7 Å². The summed E-state index contributed by atoms with van der Waals surface area (Å²) in [6.45, 7) is 4.85. The molecular formula is C25H30N4O4S2. The summed E-state index contributed by atoms with van der Waals surface area (Å²) in [5, 5.41) is 7.73. The first-order valence-corrected chi connectivity index (χ1v) is 14.2. The molecule has 1 amide bonds. The summed E-state index contributed by atoms with van der Waals surface area (Å²) in [6, 6.07) is 13.6. The molecule has 3 aromatic rings. The Labute approximate surface area is 210 Å². The zero-order chi connectivity index (χ0) is 25.0. The fraction of sp³-hybridized carbons (Fsp3) is 0.360.